The molecule has 0 radical (unpaired) electrons. The molecular formula is C17H18N2O3. The van der Waals surface area contributed by atoms with E-state index in [4.69, 9.17) is 0 Å². The van der Waals surface area contributed by atoms with E-state index in [9.17, 15) is 14.9 Å². The molecule has 5 heteroatoms. The topological polar surface area (TPSA) is 72.2 Å². The summed E-state index contributed by atoms with van der Waals surface area (Å²) in [5.74, 6) is -0.218. The number of carbonyl (C=O) groups excluding carboxylic acids is 1. The van der Waals surface area contributed by atoms with Crippen LogP contribution in [0.5, 0.6) is 0 Å². The molecule has 1 N–H and O–H groups in total. The van der Waals surface area contributed by atoms with Crippen LogP contribution in [0, 0.1) is 10.1 Å². The summed E-state index contributed by atoms with van der Waals surface area (Å²) in [6, 6.07) is 15.9. The summed E-state index contributed by atoms with van der Waals surface area (Å²) < 4.78 is 0. The molecule has 0 heterocycles. The van der Waals surface area contributed by atoms with E-state index in [1.54, 1.807) is 18.2 Å². The quantitative estimate of drug-likeness (QED) is 0.656. The number of amides is 1. The van der Waals surface area contributed by atoms with Gasteiger partial charge in [0.15, 0.2) is 0 Å². The molecule has 1 atom stereocenters. The second-order valence-corrected chi connectivity index (χ2v) is 5.00. The molecule has 0 aliphatic carbocycles. The zero-order valence-electron chi connectivity index (χ0n) is 12.4. The molecule has 114 valence electrons. The SMILES string of the molecule is CCC(NC(=O)Cc1ccccc1[N+](=O)[O-])c1ccccc1. The monoisotopic (exact) mass is 298 g/mol. The average Bonchev–Trinajstić information content (AvgIpc) is 2.53. The molecule has 0 aliphatic heterocycles. The van der Waals surface area contributed by atoms with Crippen molar-refractivity contribution in [3.63, 3.8) is 0 Å². The van der Waals surface area contributed by atoms with Gasteiger partial charge < -0.3 is 5.32 Å². The molecule has 0 aliphatic rings. The largest absolute Gasteiger partial charge is 0.349 e. The fourth-order valence-corrected chi connectivity index (χ4v) is 2.36. The van der Waals surface area contributed by atoms with Crippen LogP contribution in [0.15, 0.2) is 54.6 Å². The Bertz CT molecular complexity index is 656. The number of benzene rings is 2. The summed E-state index contributed by atoms with van der Waals surface area (Å²) >= 11 is 0. The third-order valence-corrected chi connectivity index (χ3v) is 3.48. The second kappa shape index (κ2) is 7.36. The first kappa shape index (κ1) is 15.7. The van der Waals surface area contributed by atoms with Gasteiger partial charge in [0.1, 0.15) is 0 Å². The van der Waals surface area contributed by atoms with Gasteiger partial charge in [-0.15, -0.1) is 0 Å². The number of rotatable bonds is 6. The summed E-state index contributed by atoms with van der Waals surface area (Å²) in [5.41, 5.74) is 1.43. The normalized spacial score (nSPS) is 11.7. The Labute approximate surface area is 129 Å². The number of para-hydroxylation sites is 1. The fourth-order valence-electron chi connectivity index (χ4n) is 2.36. The number of hydrogen-bond acceptors (Lipinski definition) is 3. The van der Waals surface area contributed by atoms with Crippen LogP contribution >= 0.6 is 0 Å². The second-order valence-electron chi connectivity index (χ2n) is 5.00. The highest BCUT2D eigenvalue weighted by Crippen LogP contribution is 2.20. The summed E-state index contributed by atoms with van der Waals surface area (Å²) in [7, 11) is 0. The lowest BCUT2D eigenvalue weighted by molar-refractivity contribution is -0.385. The Kier molecular flexibility index (Phi) is 5.25. The molecule has 0 saturated heterocycles. The first-order valence-corrected chi connectivity index (χ1v) is 7.18. The van der Waals surface area contributed by atoms with E-state index in [0.717, 1.165) is 12.0 Å². The Hall–Kier alpha value is -2.69. The number of nitro benzene ring substituents is 1. The minimum atomic E-state index is -0.461. The van der Waals surface area contributed by atoms with Crippen LogP contribution in [0.4, 0.5) is 5.69 Å². The third-order valence-electron chi connectivity index (χ3n) is 3.48. The first-order valence-electron chi connectivity index (χ1n) is 7.18. The van der Waals surface area contributed by atoms with Crippen LogP contribution in [0.2, 0.25) is 0 Å². The number of nitrogens with one attached hydrogen (secondary N) is 1. The van der Waals surface area contributed by atoms with Crippen molar-refractivity contribution in [2.45, 2.75) is 25.8 Å². The third kappa shape index (κ3) is 3.91. The molecule has 0 fully saturated rings. The van der Waals surface area contributed by atoms with Crippen molar-refractivity contribution in [3.8, 4) is 0 Å². The van der Waals surface area contributed by atoms with E-state index in [0.29, 0.717) is 5.56 Å². The molecule has 1 amide bonds. The number of carbonyl (C=O) groups is 1. The molecular weight excluding hydrogens is 280 g/mol. The smallest absolute Gasteiger partial charge is 0.273 e. The minimum Gasteiger partial charge on any atom is -0.349 e. The predicted molar refractivity (Wildman–Crippen MR) is 84.4 cm³/mol. The highest BCUT2D eigenvalue weighted by atomic mass is 16.6. The van der Waals surface area contributed by atoms with E-state index in [1.165, 1.54) is 6.07 Å². The number of hydrogen-bond donors (Lipinski definition) is 1. The Balaban J connectivity index is 2.08. The van der Waals surface area contributed by atoms with Crippen molar-refractivity contribution in [1.29, 1.82) is 0 Å². The van der Waals surface area contributed by atoms with Gasteiger partial charge in [-0.1, -0.05) is 55.5 Å². The molecule has 0 aromatic heterocycles. The predicted octanol–water partition coefficient (Wildman–Crippen LogP) is 3.40. The van der Waals surface area contributed by atoms with Crippen LogP contribution in [0.3, 0.4) is 0 Å². The maximum absolute atomic E-state index is 12.2. The summed E-state index contributed by atoms with van der Waals surface area (Å²) in [4.78, 5) is 22.7. The van der Waals surface area contributed by atoms with E-state index in [1.807, 2.05) is 37.3 Å². The molecule has 5 nitrogen and oxygen atoms in total. The molecule has 0 saturated carbocycles. The van der Waals surface area contributed by atoms with Gasteiger partial charge in [0.2, 0.25) is 5.91 Å². The summed E-state index contributed by atoms with van der Waals surface area (Å²) in [6.07, 6.45) is 0.757. The van der Waals surface area contributed by atoms with Crippen molar-refractivity contribution in [2.75, 3.05) is 0 Å². The van der Waals surface area contributed by atoms with Gasteiger partial charge in [0.25, 0.3) is 5.69 Å². The fraction of sp³-hybridized carbons (Fsp3) is 0.235. The van der Waals surface area contributed by atoms with Crippen LogP contribution in [-0.2, 0) is 11.2 Å². The maximum Gasteiger partial charge on any atom is 0.273 e. The van der Waals surface area contributed by atoms with Gasteiger partial charge in [0.05, 0.1) is 17.4 Å². The summed E-state index contributed by atoms with van der Waals surface area (Å²) in [5, 5.41) is 13.9. The summed E-state index contributed by atoms with van der Waals surface area (Å²) in [6.45, 7) is 1.99. The van der Waals surface area contributed by atoms with Crippen LogP contribution in [0.25, 0.3) is 0 Å². The van der Waals surface area contributed by atoms with Crippen molar-refractivity contribution < 1.29 is 9.72 Å². The van der Waals surface area contributed by atoms with E-state index in [-0.39, 0.29) is 24.1 Å². The lowest BCUT2D eigenvalue weighted by atomic mass is 10.0. The zero-order valence-corrected chi connectivity index (χ0v) is 12.4. The van der Waals surface area contributed by atoms with Gasteiger partial charge >= 0.3 is 0 Å². The maximum atomic E-state index is 12.2. The van der Waals surface area contributed by atoms with Crippen LogP contribution < -0.4 is 5.32 Å². The van der Waals surface area contributed by atoms with Crippen molar-refractivity contribution in [3.05, 3.63) is 75.8 Å². The lowest BCUT2D eigenvalue weighted by Crippen LogP contribution is -2.29. The molecule has 2 aromatic carbocycles. The van der Waals surface area contributed by atoms with Gasteiger partial charge in [-0.05, 0) is 12.0 Å². The van der Waals surface area contributed by atoms with Crippen LogP contribution in [-0.4, -0.2) is 10.8 Å². The molecule has 2 rings (SSSR count). The number of nitro groups is 1. The molecule has 2 aromatic rings. The van der Waals surface area contributed by atoms with Crippen molar-refractivity contribution >= 4 is 11.6 Å². The number of nitrogens with zero attached hydrogens (tertiary/aromatic N) is 1. The Morgan fingerprint density at radius 2 is 1.77 bits per heavy atom. The Morgan fingerprint density at radius 3 is 2.41 bits per heavy atom. The van der Waals surface area contributed by atoms with Gasteiger partial charge in [-0.3, -0.25) is 14.9 Å². The highest BCUT2D eigenvalue weighted by molar-refractivity contribution is 5.80. The molecule has 0 spiro atoms. The zero-order chi connectivity index (χ0) is 15.9. The highest BCUT2D eigenvalue weighted by Gasteiger charge is 2.18. The molecule has 1 unspecified atom stereocenters. The van der Waals surface area contributed by atoms with E-state index >= 15 is 0 Å². The van der Waals surface area contributed by atoms with E-state index < -0.39 is 4.92 Å². The van der Waals surface area contributed by atoms with Gasteiger partial charge in [-0.2, -0.15) is 0 Å². The minimum absolute atomic E-state index is 0.000483. The van der Waals surface area contributed by atoms with Crippen molar-refractivity contribution in [2.24, 2.45) is 0 Å². The Morgan fingerprint density at radius 1 is 1.14 bits per heavy atom. The average molecular weight is 298 g/mol. The molecule has 0 bridgehead atoms. The first-order chi connectivity index (χ1) is 10.6. The lowest BCUT2D eigenvalue weighted by Gasteiger charge is -2.17. The molecule has 22 heavy (non-hydrogen) atoms. The van der Waals surface area contributed by atoms with E-state index in [2.05, 4.69) is 5.32 Å². The van der Waals surface area contributed by atoms with Crippen molar-refractivity contribution in [1.82, 2.24) is 5.32 Å². The standard InChI is InChI=1S/C17H18N2O3/c1-2-15(13-8-4-3-5-9-13)18-17(20)12-14-10-6-7-11-16(14)19(21)22/h3-11,15H,2,12H2,1H3,(H,18,20). The van der Waals surface area contributed by atoms with Gasteiger partial charge in [-0.25, -0.2) is 0 Å². The van der Waals surface area contributed by atoms with Gasteiger partial charge in [0, 0.05) is 11.6 Å². The van der Waals surface area contributed by atoms with Crippen LogP contribution in [0.1, 0.15) is 30.5 Å².